The lowest BCUT2D eigenvalue weighted by Crippen LogP contribution is -2.33. The van der Waals surface area contributed by atoms with Crippen LogP contribution in [0.2, 0.25) is 0 Å². The molecule has 1 fully saturated rings. The van der Waals surface area contributed by atoms with Crippen molar-refractivity contribution in [3.05, 3.63) is 0 Å². The fourth-order valence-electron chi connectivity index (χ4n) is 1.70. The highest BCUT2D eigenvalue weighted by Crippen LogP contribution is 2.29. The van der Waals surface area contributed by atoms with Crippen molar-refractivity contribution < 1.29 is 4.79 Å². The molecule has 0 aromatic heterocycles. The third-order valence-electron chi connectivity index (χ3n) is 2.87. The first-order valence-corrected chi connectivity index (χ1v) is 5.60. The standard InChI is InChI=1S/C11H22N2O/c1-9(4-3-7-12)11(14)13(2)8-10-5-6-10/h9-10H,3-8,12H2,1-2H3. The minimum atomic E-state index is 0.141. The van der Waals surface area contributed by atoms with Crippen molar-refractivity contribution in [3.63, 3.8) is 0 Å². The van der Waals surface area contributed by atoms with Crippen LogP contribution < -0.4 is 5.73 Å². The lowest BCUT2D eigenvalue weighted by molar-refractivity contribution is -0.134. The topological polar surface area (TPSA) is 46.3 Å². The van der Waals surface area contributed by atoms with Crippen LogP contribution in [0.1, 0.15) is 32.6 Å². The van der Waals surface area contributed by atoms with Crippen LogP contribution in [0.4, 0.5) is 0 Å². The summed E-state index contributed by atoms with van der Waals surface area (Å²) >= 11 is 0. The Balaban J connectivity index is 2.22. The van der Waals surface area contributed by atoms with E-state index >= 15 is 0 Å². The first kappa shape index (κ1) is 11.5. The normalized spacial score (nSPS) is 17.9. The first-order valence-electron chi connectivity index (χ1n) is 5.60. The quantitative estimate of drug-likeness (QED) is 0.697. The van der Waals surface area contributed by atoms with Gasteiger partial charge in [0.15, 0.2) is 0 Å². The monoisotopic (exact) mass is 198 g/mol. The fraction of sp³-hybridized carbons (Fsp3) is 0.909. The molecule has 0 aromatic rings. The zero-order chi connectivity index (χ0) is 10.6. The van der Waals surface area contributed by atoms with E-state index in [0.717, 1.165) is 25.3 Å². The van der Waals surface area contributed by atoms with Crippen molar-refractivity contribution >= 4 is 5.91 Å². The molecule has 0 bridgehead atoms. The van der Waals surface area contributed by atoms with Crippen molar-refractivity contribution in [3.8, 4) is 0 Å². The number of hydrogen-bond donors (Lipinski definition) is 1. The van der Waals surface area contributed by atoms with Gasteiger partial charge >= 0.3 is 0 Å². The van der Waals surface area contributed by atoms with Crippen molar-refractivity contribution in [2.45, 2.75) is 32.6 Å². The average Bonchev–Trinajstić information content (AvgIpc) is 2.96. The lowest BCUT2D eigenvalue weighted by atomic mass is 10.0. The summed E-state index contributed by atoms with van der Waals surface area (Å²) in [5, 5.41) is 0. The van der Waals surface area contributed by atoms with Crippen molar-refractivity contribution in [2.75, 3.05) is 20.1 Å². The van der Waals surface area contributed by atoms with Gasteiger partial charge in [0.1, 0.15) is 0 Å². The molecule has 0 heterocycles. The molecule has 0 saturated heterocycles. The van der Waals surface area contributed by atoms with E-state index in [2.05, 4.69) is 0 Å². The number of amides is 1. The first-order chi connectivity index (χ1) is 6.65. The maximum atomic E-state index is 11.8. The smallest absolute Gasteiger partial charge is 0.225 e. The lowest BCUT2D eigenvalue weighted by Gasteiger charge is -2.21. The van der Waals surface area contributed by atoms with E-state index in [4.69, 9.17) is 5.73 Å². The molecule has 3 heteroatoms. The van der Waals surface area contributed by atoms with Gasteiger partial charge in [-0.05, 0) is 38.1 Å². The van der Waals surface area contributed by atoms with Gasteiger partial charge in [-0.15, -0.1) is 0 Å². The summed E-state index contributed by atoms with van der Waals surface area (Å²) in [6.45, 7) is 3.64. The third-order valence-corrected chi connectivity index (χ3v) is 2.87. The van der Waals surface area contributed by atoms with Gasteiger partial charge in [-0.2, -0.15) is 0 Å². The summed E-state index contributed by atoms with van der Waals surface area (Å²) in [5.41, 5.74) is 5.42. The predicted octanol–water partition coefficient (Wildman–Crippen LogP) is 1.23. The summed E-state index contributed by atoms with van der Waals surface area (Å²) in [6, 6.07) is 0. The van der Waals surface area contributed by atoms with Gasteiger partial charge in [-0.3, -0.25) is 4.79 Å². The number of rotatable bonds is 6. The number of carbonyl (C=O) groups excluding carboxylic acids is 1. The van der Waals surface area contributed by atoms with E-state index in [1.54, 1.807) is 0 Å². The second kappa shape index (κ2) is 5.35. The number of hydrogen-bond acceptors (Lipinski definition) is 2. The molecule has 0 aromatic carbocycles. The second-order valence-corrected chi connectivity index (χ2v) is 4.49. The molecule has 1 rings (SSSR count). The van der Waals surface area contributed by atoms with Gasteiger partial charge in [0.25, 0.3) is 0 Å². The minimum absolute atomic E-state index is 0.141. The summed E-state index contributed by atoms with van der Waals surface area (Å²) < 4.78 is 0. The van der Waals surface area contributed by atoms with E-state index in [-0.39, 0.29) is 11.8 Å². The summed E-state index contributed by atoms with van der Waals surface area (Å²) in [5.74, 6) is 1.21. The molecule has 0 aliphatic heterocycles. The SMILES string of the molecule is CC(CCCN)C(=O)N(C)CC1CC1. The Morgan fingerprint density at radius 3 is 2.71 bits per heavy atom. The summed E-state index contributed by atoms with van der Waals surface area (Å²) in [6.07, 6.45) is 4.47. The van der Waals surface area contributed by atoms with Crippen molar-refractivity contribution in [1.29, 1.82) is 0 Å². The van der Waals surface area contributed by atoms with E-state index < -0.39 is 0 Å². The van der Waals surface area contributed by atoms with Gasteiger partial charge in [-0.25, -0.2) is 0 Å². The fourth-order valence-corrected chi connectivity index (χ4v) is 1.70. The van der Waals surface area contributed by atoms with Crippen LogP contribution in [-0.4, -0.2) is 30.9 Å². The third kappa shape index (κ3) is 3.66. The molecule has 0 radical (unpaired) electrons. The maximum absolute atomic E-state index is 11.8. The maximum Gasteiger partial charge on any atom is 0.225 e. The van der Waals surface area contributed by atoms with Crippen LogP contribution in [0.15, 0.2) is 0 Å². The van der Waals surface area contributed by atoms with Crippen LogP contribution in [0.25, 0.3) is 0 Å². The Labute approximate surface area is 86.6 Å². The van der Waals surface area contributed by atoms with Crippen molar-refractivity contribution in [1.82, 2.24) is 4.90 Å². The zero-order valence-electron chi connectivity index (χ0n) is 9.33. The molecule has 3 nitrogen and oxygen atoms in total. The molecule has 1 saturated carbocycles. The van der Waals surface area contributed by atoms with E-state index in [0.29, 0.717) is 6.54 Å². The Hall–Kier alpha value is -0.570. The molecule has 1 unspecified atom stereocenters. The van der Waals surface area contributed by atoms with Crippen LogP contribution in [0.3, 0.4) is 0 Å². The molecule has 1 amide bonds. The van der Waals surface area contributed by atoms with Crippen LogP contribution >= 0.6 is 0 Å². The molecule has 0 spiro atoms. The molecule has 14 heavy (non-hydrogen) atoms. The van der Waals surface area contributed by atoms with Gasteiger partial charge < -0.3 is 10.6 Å². The van der Waals surface area contributed by atoms with Crippen molar-refractivity contribution in [2.24, 2.45) is 17.6 Å². The Kier molecular flexibility index (Phi) is 4.39. The highest BCUT2D eigenvalue weighted by Gasteiger charge is 2.26. The van der Waals surface area contributed by atoms with Gasteiger partial charge in [0, 0.05) is 19.5 Å². The van der Waals surface area contributed by atoms with E-state index in [1.807, 2.05) is 18.9 Å². The van der Waals surface area contributed by atoms with Crippen LogP contribution in [0, 0.1) is 11.8 Å². The van der Waals surface area contributed by atoms with E-state index in [9.17, 15) is 4.79 Å². The van der Waals surface area contributed by atoms with Gasteiger partial charge in [0.05, 0.1) is 0 Å². The number of nitrogens with two attached hydrogens (primary N) is 1. The average molecular weight is 198 g/mol. The molecule has 1 aliphatic rings. The Morgan fingerprint density at radius 2 is 2.21 bits per heavy atom. The van der Waals surface area contributed by atoms with Gasteiger partial charge in [0.2, 0.25) is 5.91 Å². The molecule has 1 atom stereocenters. The summed E-state index contributed by atoms with van der Waals surface area (Å²) in [4.78, 5) is 13.7. The van der Waals surface area contributed by atoms with E-state index in [1.165, 1.54) is 12.8 Å². The molecule has 2 N–H and O–H groups in total. The molecular weight excluding hydrogens is 176 g/mol. The summed E-state index contributed by atoms with van der Waals surface area (Å²) in [7, 11) is 1.92. The second-order valence-electron chi connectivity index (χ2n) is 4.49. The highest BCUT2D eigenvalue weighted by molar-refractivity contribution is 5.78. The molecule has 82 valence electrons. The molecular formula is C11H22N2O. The van der Waals surface area contributed by atoms with Crippen LogP contribution in [-0.2, 0) is 4.79 Å². The Bertz CT molecular complexity index is 190. The minimum Gasteiger partial charge on any atom is -0.345 e. The molecule has 1 aliphatic carbocycles. The highest BCUT2D eigenvalue weighted by atomic mass is 16.2. The number of nitrogens with zero attached hydrogens (tertiary/aromatic N) is 1. The zero-order valence-corrected chi connectivity index (χ0v) is 9.33. The van der Waals surface area contributed by atoms with Gasteiger partial charge in [-0.1, -0.05) is 6.92 Å². The van der Waals surface area contributed by atoms with Crippen LogP contribution in [0.5, 0.6) is 0 Å². The Morgan fingerprint density at radius 1 is 1.57 bits per heavy atom. The largest absolute Gasteiger partial charge is 0.345 e. The predicted molar refractivity (Wildman–Crippen MR) is 57.8 cm³/mol. The number of carbonyl (C=O) groups is 1.